The second-order valence-corrected chi connectivity index (χ2v) is 5.24. The minimum Gasteiger partial charge on any atom is -0.350 e. The normalized spacial score (nSPS) is 10.7. The summed E-state index contributed by atoms with van der Waals surface area (Å²) in [5.41, 5.74) is 2.15. The minimum absolute atomic E-state index is 0.134. The van der Waals surface area contributed by atoms with Crippen molar-refractivity contribution in [2.75, 3.05) is 31.6 Å². The van der Waals surface area contributed by atoms with E-state index in [1.165, 1.54) is 5.56 Å². The van der Waals surface area contributed by atoms with Crippen LogP contribution in [0.1, 0.15) is 19.4 Å². The van der Waals surface area contributed by atoms with Crippen LogP contribution in [0, 0.1) is 6.92 Å². The highest BCUT2D eigenvalue weighted by Gasteiger charge is 2.14. The molecule has 1 heterocycles. The first-order valence-electron chi connectivity index (χ1n) is 7.42. The molecule has 0 saturated carbocycles. The number of likely N-dealkylation sites (N-methyl/N-ethyl adjacent to an activating group) is 2. The number of aryl methyl sites for hydroxylation is 1. The van der Waals surface area contributed by atoms with Crippen LogP contribution in [0.2, 0.25) is 0 Å². The van der Waals surface area contributed by atoms with Crippen molar-refractivity contribution in [3.05, 3.63) is 35.9 Å². The smallest absolute Gasteiger partial charge is 0.242 e. The molecule has 4 heteroatoms. The van der Waals surface area contributed by atoms with Gasteiger partial charge in [0.15, 0.2) is 0 Å². The summed E-state index contributed by atoms with van der Waals surface area (Å²) in [5, 5.41) is 1.16. The molecule has 0 fully saturated rings. The van der Waals surface area contributed by atoms with E-state index in [-0.39, 0.29) is 5.91 Å². The van der Waals surface area contributed by atoms with Crippen molar-refractivity contribution < 1.29 is 4.79 Å². The fourth-order valence-corrected chi connectivity index (χ4v) is 2.49. The molecule has 0 aliphatic heterocycles. The van der Waals surface area contributed by atoms with Crippen LogP contribution >= 0.6 is 0 Å². The lowest BCUT2D eigenvalue weighted by atomic mass is 10.1. The van der Waals surface area contributed by atoms with E-state index in [1.807, 2.05) is 55.0 Å². The standard InChI is InChI=1S/C17H23N3O/c1-5-20(6-2)17(21)12-19(4)16-11-13(3)14-9-7-8-10-15(14)18-16/h7-11H,5-6,12H2,1-4H3. The summed E-state index contributed by atoms with van der Waals surface area (Å²) in [5.74, 6) is 0.974. The van der Waals surface area contributed by atoms with Gasteiger partial charge in [0.05, 0.1) is 12.1 Å². The van der Waals surface area contributed by atoms with Gasteiger partial charge < -0.3 is 9.80 Å². The Morgan fingerprint density at radius 2 is 1.86 bits per heavy atom. The number of carbonyl (C=O) groups is 1. The molecule has 0 N–H and O–H groups in total. The molecule has 2 aromatic rings. The molecule has 4 nitrogen and oxygen atoms in total. The predicted molar refractivity (Wildman–Crippen MR) is 87.7 cm³/mol. The van der Waals surface area contributed by atoms with Crippen LogP contribution in [0.25, 0.3) is 10.9 Å². The molecule has 0 unspecified atom stereocenters. The molecule has 21 heavy (non-hydrogen) atoms. The Kier molecular flexibility index (Phi) is 4.78. The number of nitrogens with zero attached hydrogens (tertiary/aromatic N) is 3. The van der Waals surface area contributed by atoms with E-state index in [0.29, 0.717) is 6.54 Å². The van der Waals surface area contributed by atoms with Gasteiger partial charge in [0, 0.05) is 25.5 Å². The maximum atomic E-state index is 12.2. The fraction of sp³-hybridized carbons (Fsp3) is 0.412. The van der Waals surface area contributed by atoms with E-state index in [2.05, 4.69) is 18.0 Å². The van der Waals surface area contributed by atoms with E-state index >= 15 is 0 Å². The molecular weight excluding hydrogens is 262 g/mol. The van der Waals surface area contributed by atoms with Crippen molar-refractivity contribution in [1.82, 2.24) is 9.88 Å². The molecule has 1 aromatic heterocycles. The first kappa shape index (κ1) is 15.3. The molecule has 0 radical (unpaired) electrons. The molecule has 112 valence electrons. The number of hydrogen-bond acceptors (Lipinski definition) is 3. The van der Waals surface area contributed by atoms with Crippen LogP contribution in [0.4, 0.5) is 5.82 Å². The third kappa shape index (κ3) is 3.32. The van der Waals surface area contributed by atoms with Crippen LogP contribution in [0.5, 0.6) is 0 Å². The average Bonchev–Trinajstić information content (AvgIpc) is 2.48. The summed E-state index contributed by atoms with van der Waals surface area (Å²) in [7, 11) is 1.91. The first-order chi connectivity index (χ1) is 10.1. The molecule has 0 aliphatic carbocycles. The Labute approximate surface area is 126 Å². The Morgan fingerprint density at radius 3 is 2.52 bits per heavy atom. The van der Waals surface area contributed by atoms with Gasteiger partial charge >= 0.3 is 0 Å². The number of carbonyl (C=O) groups excluding carboxylic acids is 1. The Morgan fingerprint density at radius 1 is 1.19 bits per heavy atom. The maximum absolute atomic E-state index is 12.2. The molecule has 0 saturated heterocycles. The summed E-state index contributed by atoms with van der Waals surface area (Å²) in [6.07, 6.45) is 0. The molecule has 1 amide bonds. The largest absolute Gasteiger partial charge is 0.350 e. The van der Waals surface area contributed by atoms with Gasteiger partial charge in [-0.1, -0.05) is 18.2 Å². The number of hydrogen-bond donors (Lipinski definition) is 0. The summed E-state index contributed by atoms with van der Waals surface area (Å²) in [4.78, 5) is 20.6. The molecule has 1 aromatic carbocycles. The van der Waals surface area contributed by atoms with E-state index in [4.69, 9.17) is 0 Å². The number of pyridine rings is 1. The van der Waals surface area contributed by atoms with Gasteiger partial charge in [0.2, 0.25) is 5.91 Å². The Bertz CT molecular complexity index is 635. The number of anilines is 1. The topological polar surface area (TPSA) is 36.4 Å². The Balaban J connectivity index is 2.23. The van der Waals surface area contributed by atoms with Gasteiger partial charge in [0.25, 0.3) is 0 Å². The van der Waals surface area contributed by atoms with Crippen molar-refractivity contribution in [2.45, 2.75) is 20.8 Å². The third-order valence-electron chi connectivity index (χ3n) is 3.79. The van der Waals surface area contributed by atoms with E-state index in [0.717, 1.165) is 29.8 Å². The quantitative estimate of drug-likeness (QED) is 0.847. The van der Waals surface area contributed by atoms with Gasteiger partial charge in [-0.05, 0) is 38.5 Å². The van der Waals surface area contributed by atoms with Crippen LogP contribution in [0.3, 0.4) is 0 Å². The summed E-state index contributed by atoms with van der Waals surface area (Å²) >= 11 is 0. The second kappa shape index (κ2) is 6.57. The van der Waals surface area contributed by atoms with Crippen LogP contribution in [0.15, 0.2) is 30.3 Å². The zero-order valence-electron chi connectivity index (χ0n) is 13.3. The van der Waals surface area contributed by atoms with Crippen LogP contribution in [-0.4, -0.2) is 42.5 Å². The Hall–Kier alpha value is -2.10. The van der Waals surface area contributed by atoms with Crippen molar-refractivity contribution >= 4 is 22.6 Å². The zero-order valence-corrected chi connectivity index (χ0v) is 13.3. The zero-order chi connectivity index (χ0) is 15.4. The molecular formula is C17H23N3O. The van der Waals surface area contributed by atoms with E-state index in [1.54, 1.807) is 0 Å². The van der Waals surface area contributed by atoms with Gasteiger partial charge in [-0.2, -0.15) is 0 Å². The lowest BCUT2D eigenvalue weighted by molar-refractivity contribution is -0.129. The van der Waals surface area contributed by atoms with Crippen LogP contribution < -0.4 is 4.90 Å². The number of rotatable bonds is 5. The lowest BCUT2D eigenvalue weighted by Gasteiger charge is -2.24. The van der Waals surface area contributed by atoms with Gasteiger partial charge in [-0.25, -0.2) is 4.98 Å². The van der Waals surface area contributed by atoms with Crippen molar-refractivity contribution in [3.63, 3.8) is 0 Å². The third-order valence-corrected chi connectivity index (χ3v) is 3.79. The SMILES string of the molecule is CCN(CC)C(=O)CN(C)c1cc(C)c2ccccc2n1. The van der Waals surface area contributed by atoms with Gasteiger partial charge in [0.1, 0.15) is 5.82 Å². The van der Waals surface area contributed by atoms with Crippen LogP contribution in [-0.2, 0) is 4.79 Å². The molecule has 0 aliphatic rings. The van der Waals surface area contributed by atoms with Crippen molar-refractivity contribution in [3.8, 4) is 0 Å². The van der Waals surface area contributed by atoms with Crippen molar-refractivity contribution in [2.24, 2.45) is 0 Å². The van der Waals surface area contributed by atoms with Gasteiger partial charge in [-0.3, -0.25) is 4.79 Å². The first-order valence-corrected chi connectivity index (χ1v) is 7.42. The average molecular weight is 285 g/mol. The van der Waals surface area contributed by atoms with E-state index in [9.17, 15) is 4.79 Å². The molecule has 0 bridgehead atoms. The van der Waals surface area contributed by atoms with Crippen molar-refractivity contribution in [1.29, 1.82) is 0 Å². The van der Waals surface area contributed by atoms with E-state index < -0.39 is 0 Å². The monoisotopic (exact) mass is 285 g/mol. The highest BCUT2D eigenvalue weighted by molar-refractivity contribution is 5.85. The molecule has 0 spiro atoms. The number of para-hydroxylation sites is 1. The maximum Gasteiger partial charge on any atom is 0.242 e. The second-order valence-electron chi connectivity index (χ2n) is 5.24. The van der Waals surface area contributed by atoms with Gasteiger partial charge in [-0.15, -0.1) is 0 Å². The highest BCUT2D eigenvalue weighted by Crippen LogP contribution is 2.21. The fourth-order valence-electron chi connectivity index (χ4n) is 2.49. The summed E-state index contributed by atoms with van der Waals surface area (Å²) in [6, 6.07) is 10.1. The molecule has 0 atom stereocenters. The number of amides is 1. The highest BCUT2D eigenvalue weighted by atomic mass is 16.2. The summed E-state index contributed by atoms with van der Waals surface area (Å²) < 4.78 is 0. The number of fused-ring (bicyclic) bond motifs is 1. The predicted octanol–water partition coefficient (Wildman–Crippen LogP) is 2.85. The molecule has 2 rings (SSSR count). The summed E-state index contributed by atoms with van der Waals surface area (Å²) in [6.45, 7) is 7.92. The number of aromatic nitrogens is 1. The minimum atomic E-state index is 0.134. The lowest BCUT2D eigenvalue weighted by Crippen LogP contribution is -2.39. The number of benzene rings is 1.